The number of rotatable bonds is 6. The summed E-state index contributed by atoms with van der Waals surface area (Å²) in [5, 5.41) is 11.8. The second kappa shape index (κ2) is 7.79. The lowest BCUT2D eigenvalue weighted by molar-refractivity contribution is -0.142. The Morgan fingerprint density at radius 3 is 2.62 bits per heavy atom. The first-order chi connectivity index (χ1) is 11.3. The maximum Gasteiger partial charge on any atom is 0.326 e. The zero-order valence-corrected chi connectivity index (χ0v) is 15.2. The monoisotopic (exact) mass is 396 g/mol. The highest BCUT2D eigenvalue weighted by molar-refractivity contribution is 9.10. The Balaban J connectivity index is 2.06. The predicted molar refractivity (Wildman–Crippen MR) is 93.6 cm³/mol. The van der Waals surface area contributed by atoms with Crippen LogP contribution in [0.25, 0.3) is 0 Å². The summed E-state index contributed by atoms with van der Waals surface area (Å²) in [5.74, 6) is -1.97. The van der Waals surface area contributed by atoms with Crippen molar-refractivity contribution in [1.82, 2.24) is 5.32 Å². The minimum Gasteiger partial charge on any atom is -0.480 e. The summed E-state index contributed by atoms with van der Waals surface area (Å²) in [6, 6.07) is 6.39. The summed E-state index contributed by atoms with van der Waals surface area (Å²) in [4.78, 5) is 37.5. The van der Waals surface area contributed by atoms with Crippen LogP contribution in [0.2, 0.25) is 0 Å². The Morgan fingerprint density at radius 1 is 1.38 bits per heavy atom. The normalized spacial score (nSPS) is 18.8. The van der Waals surface area contributed by atoms with Crippen LogP contribution in [-0.2, 0) is 14.4 Å². The van der Waals surface area contributed by atoms with Crippen molar-refractivity contribution >= 4 is 39.4 Å². The molecule has 0 spiro atoms. The number of hydrogen-bond donors (Lipinski definition) is 2. The van der Waals surface area contributed by atoms with E-state index in [9.17, 15) is 19.5 Å². The Morgan fingerprint density at radius 2 is 2.04 bits per heavy atom. The Hall–Kier alpha value is -1.89. The van der Waals surface area contributed by atoms with Gasteiger partial charge in [0.2, 0.25) is 11.8 Å². The molecule has 0 saturated carbocycles. The van der Waals surface area contributed by atoms with Gasteiger partial charge in [0.25, 0.3) is 0 Å². The van der Waals surface area contributed by atoms with Crippen LogP contribution in [0.1, 0.15) is 26.7 Å². The third-order valence-electron chi connectivity index (χ3n) is 3.96. The number of carboxylic acid groups (broad SMARTS) is 1. The lowest BCUT2D eigenvalue weighted by Crippen LogP contribution is -2.44. The van der Waals surface area contributed by atoms with Crippen molar-refractivity contribution in [2.75, 3.05) is 11.4 Å². The summed E-state index contributed by atoms with van der Waals surface area (Å²) in [6.07, 6.45) is 0.441. The molecule has 1 unspecified atom stereocenters. The maximum absolute atomic E-state index is 12.4. The van der Waals surface area contributed by atoms with Crippen molar-refractivity contribution in [2.24, 2.45) is 11.8 Å². The minimum absolute atomic E-state index is 0.0845. The molecule has 2 rings (SSSR count). The van der Waals surface area contributed by atoms with E-state index in [2.05, 4.69) is 21.2 Å². The number of carbonyl (C=O) groups excluding carboxylic acids is 2. The van der Waals surface area contributed by atoms with Crippen LogP contribution in [0, 0.1) is 11.8 Å². The summed E-state index contributed by atoms with van der Waals surface area (Å²) in [7, 11) is 0. The fourth-order valence-corrected chi connectivity index (χ4v) is 3.27. The summed E-state index contributed by atoms with van der Waals surface area (Å²) in [5.41, 5.74) is 0.717. The molecule has 2 N–H and O–H groups in total. The molecule has 0 aromatic heterocycles. The van der Waals surface area contributed by atoms with Gasteiger partial charge in [-0.1, -0.05) is 26.0 Å². The van der Waals surface area contributed by atoms with Crippen molar-refractivity contribution in [2.45, 2.75) is 32.7 Å². The standard InChI is InChI=1S/C17H21BrN2O4/c1-10(2)7-13(17(23)24)19-16(22)11-8-15(21)20(9-11)14-6-4-3-5-12(14)18/h3-6,10-11,13H,7-9H2,1-2H3,(H,19,22)(H,23,24)/t11?,13-/m1/s1. The van der Waals surface area contributed by atoms with Gasteiger partial charge in [-0.15, -0.1) is 0 Å². The van der Waals surface area contributed by atoms with Crippen molar-refractivity contribution in [3.8, 4) is 0 Å². The highest BCUT2D eigenvalue weighted by Crippen LogP contribution is 2.31. The molecule has 1 heterocycles. The summed E-state index contributed by atoms with van der Waals surface area (Å²) < 4.78 is 0.780. The molecule has 1 aliphatic heterocycles. The number of nitrogens with zero attached hydrogens (tertiary/aromatic N) is 1. The lowest BCUT2D eigenvalue weighted by atomic mass is 10.0. The second-order valence-corrected chi connectivity index (χ2v) is 7.24. The molecule has 1 fully saturated rings. The topological polar surface area (TPSA) is 86.7 Å². The lowest BCUT2D eigenvalue weighted by Gasteiger charge is -2.20. The molecular weight excluding hydrogens is 376 g/mol. The number of anilines is 1. The molecule has 0 radical (unpaired) electrons. The number of hydrogen-bond acceptors (Lipinski definition) is 3. The van der Waals surface area contributed by atoms with Gasteiger partial charge in [-0.3, -0.25) is 9.59 Å². The molecule has 0 bridgehead atoms. The van der Waals surface area contributed by atoms with Crippen molar-refractivity contribution < 1.29 is 19.5 Å². The van der Waals surface area contributed by atoms with Gasteiger partial charge in [0.1, 0.15) is 6.04 Å². The zero-order valence-electron chi connectivity index (χ0n) is 13.7. The second-order valence-electron chi connectivity index (χ2n) is 6.39. The van der Waals surface area contributed by atoms with Gasteiger partial charge in [0, 0.05) is 17.4 Å². The molecule has 1 aromatic rings. The molecule has 7 heteroatoms. The molecule has 1 aromatic carbocycles. The average molecular weight is 397 g/mol. The molecule has 130 valence electrons. The van der Waals surface area contributed by atoms with Crippen molar-refractivity contribution in [3.63, 3.8) is 0 Å². The van der Waals surface area contributed by atoms with Crippen LogP contribution in [-0.4, -0.2) is 35.5 Å². The van der Waals surface area contributed by atoms with E-state index in [-0.39, 0.29) is 30.7 Å². The van der Waals surface area contributed by atoms with E-state index < -0.39 is 17.9 Å². The number of benzene rings is 1. The van der Waals surface area contributed by atoms with E-state index in [1.54, 1.807) is 11.0 Å². The predicted octanol–water partition coefficient (Wildman–Crippen LogP) is 2.42. The van der Waals surface area contributed by atoms with Crippen LogP contribution in [0.4, 0.5) is 5.69 Å². The molecule has 0 aliphatic carbocycles. The van der Waals surface area contributed by atoms with Gasteiger partial charge in [0.15, 0.2) is 0 Å². The third-order valence-corrected chi connectivity index (χ3v) is 4.63. The van der Waals surface area contributed by atoms with Crippen LogP contribution in [0.15, 0.2) is 28.7 Å². The number of aliphatic carboxylic acids is 1. The first-order valence-electron chi connectivity index (χ1n) is 7.87. The van der Waals surface area contributed by atoms with Crippen LogP contribution >= 0.6 is 15.9 Å². The fraction of sp³-hybridized carbons (Fsp3) is 0.471. The zero-order chi connectivity index (χ0) is 17.9. The van der Waals surface area contributed by atoms with E-state index in [1.165, 1.54) is 0 Å². The highest BCUT2D eigenvalue weighted by atomic mass is 79.9. The molecule has 2 atom stereocenters. The molecule has 24 heavy (non-hydrogen) atoms. The molecule has 2 amide bonds. The van der Waals surface area contributed by atoms with E-state index in [1.807, 2.05) is 32.0 Å². The smallest absolute Gasteiger partial charge is 0.326 e. The Bertz CT molecular complexity index is 647. The third kappa shape index (κ3) is 4.35. The quantitative estimate of drug-likeness (QED) is 0.772. The SMILES string of the molecule is CC(C)C[C@@H](NC(=O)C1CC(=O)N(c2ccccc2Br)C1)C(=O)O. The van der Waals surface area contributed by atoms with E-state index in [0.717, 1.165) is 10.2 Å². The molecule has 6 nitrogen and oxygen atoms in total. The van der Waals surface area contributed by atoms with Crippen LogP contribution in [0.5, 0.6) is 0 Å². The maximum atomic E-state index is 12.4. The minimum atomic E-state index is -1.05. The summed E-state index contributed by atoms with van der Waals surface area (Å²) in [6.45, 7) is 4.05. The van der Waals surface area contributed by atoms with Gasteiger partial charge < -0.3 is 15.3 Å². The fourth-order valence-electron chi connectivity index (χ4n) is 2.77. The number of nitrogens with one attached hydrogen (secondary N) is 1. The van der Waals surface area contributed by atoms with Gasteiger partial charge >= 0.3 is 5.97 Å². The van der Waals surface area contributed by atoms with E-state index in [0.29, 0.717) is 6.42 Å². The molecule has 1 saturated heterocycles. The van der Waals surface area contributed by atoms with Gasteiger partial charge in [-0.2, -0.15) is 0 Å². The number of para-hydroxylation sites is 1. The number of halogens is 1. The van der Waals surface area contributed by atoms with Gasteiger partial charge in [-0.05, 0) is 40.4 Å². The molecule has 1 aliphatic rings. The van der Waals surface area contributed by atoms with Crippen molar-refractivity contribution in [1.29, 1.82) is 0 Å². The highest BCUT2D eigenvalue weighted by Gasteiger charge is 2.37. The van der Waals surface area contributed by atoms with Gasteiger partial charge in [0.05, 0.1) is 11.6 Å². The number of carbonyl (C=O) groups is 3. The van der Waals surface area contributed by atoms with Gasteiger partial charge in [-0.25, -0.2) is 4.79 Å². The Kier molecular flexibility index (Phi) is 5.99. The average Bonchev–Trinajstić information content (AvgIpc) is 2.88. The Labute approximate surface area is 149 Å². The largest absolute Gasteiger partial charge is 0.480 e. The van der Waals surface area contributed by atoms with E-state index >= 15 is 0 Å². The molecular formula is C17H21BrN2O4. The first-order valence-corrected chi connectivity index (χ1v) is 8.67. The van der Waals surface area contributed by atoms with Crippen molar-refractivity contribution in [3.05, 3.63) is 28.7 Å². The first kappa shape index (κ1) is 18.4. The van der Waals surface area contributed by atoms with Crippen LogP contribution in [0.3, 0.4) is 0 Å². The summed E-state index contributed by atoms with van der Waals surface area (Å²) >= 11 is 3.41. The number of carboxylic acids is 1. The number of amides is 2. The van der Waals surface area contributed by atoms with E-state index in [4.69, 9.17) is 0 Å². The van der Waals surface area contributed by atoms with Crippen LogP contribution < -0.4 is 10.2 Å².